The number of carbonyl (C=O) groups excluding carboxylic acids is 1. The van der Waals surface area contributed by atoms with E-state index in [2.05, 4.69) is 10.3 Å². The lowest BCUT2D eigenvalue weighted by molar-refractivity contribution is 0.103. The van der Waals surface area contributed by atoms with E-state index in [1.54, 1.807) is 0 Å². The van der Waals surface area contributed by atoms with Crippen LogP contribution in [0.15, 0.2) is 24.4 Å². The SMILES string of the molecule is NCCn1cc(C(=O)c2cc(F)cc(F)c2)nn1. The van der Waals surface area contributed by atoms with Crippen molar-refractivity contribution < 1.29 is 13.6 Å². The van der Waals surface area contributed by atoms with Crippen LogP contribution in [-0.4, -0.2) is 27.3 Å². The maximum absolute atomic E-state index is 13.0. The molecule has 0 amide bonds. The van der Waals surface area contributed by atoms with Gasteiger partial charge in [-0.25, -0.2) is 8.78 Å². The first kappa shape index (κ1) is 12.3. The van der Waals surface area contributed by atoms with Crippen molar-refractivity contribution in [3.63, 3.8) is 0 Å². The van der Waals surface area contributed by atoms with Crippen LogP contribution in [0.4, 0.5) is 8.78 Å². The lowest BCUT2D eigenvalue weighted by atomic mass is 10.1. The van der Waals surface area contributed by atoms with E-state index in [-0.39, 0.29) is 11.3 Å². The molecular formula is C11H10F2N4O. The zero-order chi connectivity index (χ0) is 13.1. The summed E-state index contributed by atoms with van der Waals surface area (Å²) in [5.74, 6) is -2.21. The van der Waals surface area contributed by atoms with Crippen LogP contribution in [0.1, 0.15) is 16.1 Å². The molecule has 0 bridgehead atoms. The molecule has 0 radical (unpaired) electrons. The Morgan fingerprint density at radius 1 is 1.28 bits per heavy atom. The highest BCUT2D eigenvalue weighted by molar-refractivity contribution is 6.07. The van der Waals surface area contributed by atoms with Crippen molar-refractivity contribution in [3.8, 4) is 0 Å². The molecule has 0 fully saturated rings. The minimum absolute atomic E-state index is 0.0217. The normalized spacial score (nSPS) is 10.6. The molecule has 2 aromatic rings. The van der Waals surface area contributed by atoms with Crippen molar-refractivity contribution in [3.05, 3.63) is 47.3 Å². The Balaban J connectivity index is 2.29. The van der Waals surface area contributed by atoms with E-state index in [4.69, 9.17) is 5.73 Å². The quantitative estimate of drug-likeness (QED) is 0.815. The maximum Gasteiger partial charge on any atom is 0.215 e. The third-order valence-corrected chi connectivity index (χ3v) is 2.25. The average Bonchev–Trinajstić information content (AvgIpc) is 2.76. The molecular weight excluding hydrogens is 242 g/mol. The highest BCUT2D eigenvalue weighted by atomic mass is 19.1. The minimum atomic E-state index is -0.812. The molecule has 0 atom stereocenters. The minimum Gasteiger partial charge on any atom is -0.329 e. The summed E-state index contributed by atoms with van der Waals surface area (Å²) in [5, 5.41) is 7.31. The second-order valence-corrected chi connectivity index (χ2v) is 3.64. The molecule has 0 spiro atoms. The molecule has 94 valence electrons. The predicted octanol–water partition coefficient (Wildman–Crippen LogP) is 0.746. The van der Waals surface area contributed by atoms with Crippen molar-refractivity contribution in [2.24, 2.45) is 5.73 Å². The highest BCUT2D eigenvalue weighted by Crippen LogP contribution is 2.11. The summed E-state index contributed by atoms with van der Waals surface area (Å²) in [7, 11) is 0. The standard InChI is InChI=1S/C11H10F2N4O/c12-8-3-7(4-9(13)5-8)11(18)10-6-17(2-1-14)16-15-10/h3-6H,1-2,14H2. The molecule has 1 aromatic heterocycles. The van der Waals surface area contributed by atoms with Gasteiger partial charge >= 0.3 is 0 Å². The first-order chi connectivity index (χ1) is 8.60. The van der Waals surface area contributed by atoms with Crippen LogP contribution < -0.4 is 5.73 Å². The molecule has 0 saturated carbocycles. The first-order valence-corrected chi connectivity index (χ1v) is 5.21. The summed E-state index contributed by atoms with van der Waals surface area (Å²) in [6, 6.07) is 2.60. The third kappa shape index (κ3) is 2.57. The maximum atomic E-state index is 13.0. The Bertz CT molecular complexity index is 562. The number of benzene rings is 1. The molecule has 0 aliphatic heterocycles. The molecule has 0 unspecified atom stereocenters. The topological polar surface area (TPSA) is 73.8 Å². The van der Waals surface area contributed by atoms with Gasteiger partial charge in [-0.15, -0.1) is 5.10 Å². The number of nitrogens with two attached hydrogens (primary N) is 1. The van der Waals surface area contributed by atoms with Gasteiger partial charge in [-0.3, -0.25) is 9.48 Å². The molecule has 5 nitrogen and oxygen atoms in total. The predicted molar refractivity (Wildman–Crippen MR) is 58.9 cm³/mol. The molecule has 0 saturated heterocycles. The summed E-state index contributed by atoms with van der Waals surface area (Å²) in [4.78, 5) is 11.9. The van der Waals surface area contributed by atoms with Crippen molar-refractivity contribution in [2.75, 3.05) is 6.54 Å². The van der Waals surface area contributed by atoms with Crippen molar-refractivity contribution >= 4 is 5.78 Å². The second kappa shape index (κ2) is 5.01. The first-order valence-electron chi connectivity index (χ1n) is 5.21. The Morgan fingerprint density at radius 3 is 2.56 bits per heavy atom. The van der Waals surface area contributed by atoms with Crippen molar-refractivity contribution in [1.82, 2.24) is 15.0 Å². The molecule has 0 aliphatic carbocycles. The third-order valence-electron chi connectivity index (χ3n) is 2.25. The zero-order valence-corrected chi connectivity index (χ0v) is 9.31. The summed E-state index contributed by atoms with van der Waals surface area (Å²) < 4.78 is 27.4. The van der Waals surface area contributed by atoms with Gasteiger partial charge in [0.05, 0.1) is 12.7 Å². The number of rotatable bonds is 4. The number of aromatic nitrogens is 3. The van der Waals surface area contributed by atoms with Gasteiger partial charge in [0, 0.05) is 18.2 Å². The lowest BCUT2D eigenvalue weighted by Crippen LogP contribution is -2.10. The molecule has 0 aliphatic rings. The average molecular weight is 252 g/mol. The summed E-state index contributed by atoms with van der Waals surface area (Å²) in [6.07, 6.45) is 1.39. The molecule has 2 rings (SSSR count). The summed E-state index contributed by atoms with van der Waals surface area (Å²) in [6.45, 7) is 0.767. The van der Waals surface area contributed by atoms with E-state index in [0.29, 0.717) is 19.2 Å². The van der Waals surface area contributed by atoms with Gasteiger partial charge in [-0.05, 0) is 12.1 Å². The van der Waals surface area contributed by atoms with E-state index in [1.807, 2.05) is 0 Å². The Labute approximate surface area is 101 Å². The molecule has 2 N–H and O–H groups in total. The van der Waals surface area contributed by atoms with Crippen LogP contribution in [0, 0.1) is 11.6 Å². The zero-order valence-electron chi connectivity index (χ0n) is 9.31. The number of carbonyl (C=O) groups is 1. The molecule has 1 heterocycles. The van der Waals surface area contributed by atoms with Crippen molar-refractivity contribution in [1.29, 1.82) is 0 Å². The van der Waals surface area contributed by atoms with Gasteiger partial charge < -0.3 is 5.73 Å². The fourth-order valence-electron chi connectivity index (χ4n) is 1.48. The number of halogens is 2. The fraction of sp³-hybridized carbons (Fsp3) is 0.182. The van der Waals surface area contributed by atoms with Crippen LogP contribution in [0.5, 0.6) is 0 Å². The van der Waals surface area contributed by atoms with E-state index < -0.39 is 17.4 Å². The fourth-order valence-corrected chi connectivity index (χ4v) is 1.48. The van der Waals surface area contributed by atoms with E-state index >= 15 is 0 Å². The second-order valence-electron chi connectivity index (χ2n) is 3.64. The van der Waals surface area contributed by atoms with Crippen LogP contribution >= 0.6 is 0 Å². The van der Waals surface area contributed by atoms with Gasteiger partial charge in [0.1, 0.15) is 11.6 Å². The molecule has 18 heavy (non-hydrogen) atoms. The Morgan fingerprint density at radius 2 is 1.94 bits per heavy atom. The molecule has 7 heteroatoms. The largest absolute Gasteiger partial charge is 0.329 e. The van der Waals surface area contributed by atoms with Gasteiger partial charge in [0.2, 0.25) is 5.78 Å². The van der Waals surface area contributed by atoms with Crippen LogP contribution in [0.25, 0.3) is 0 Å². The summed E-state index contributed by atoms with van der Waals surface area (Å²) >= 11 is 0. The van der Waals surface area contributed by atoms with E-state index in [1.165, 1.54) is 10.9 Å². The van der Waals surface area contributed by atoms with E-state index in [0.717, 1.165) is 12.1 Å². The van der Waals surface area contributed by atoms with Crippen LogP contribution in [-0.2, 0) is 6.54 Å². The Hall–Kier alpha value is -2.15. The van der Waals surface area contributed by atoms with Crippen LogP contribution in [0.3, 0.4) is 0 Å². The number of nitrogens with zero attached hydrogens (tertiary/aromatic N) is 3. The van der Waals surface area contributed by atoms with Crippen LogP contribution in [0.2, 0.25) is 0 Å². The van der Waals surface area contributed by atoms with Gasteiger partial charge in [0.15, 0.2) is 5.69 Å². The Kier molecular flexibility index (Phi) is 3.42. The summed E-state index contributed by atoms with van der Waals surface area (Å²) in [5.41, 5.74) is 5.24. The van der Waals surface area contributed by atoms with Gasteiger partial charge in [-0.1, -0.05) is 5.21 Å². The van der Waals surface area contributed by atoms with E-state index in [9.17, 15) is 13.6 Å². The number of ketones is 1. The smallest absolute Gasteiger partial charge is 0.215 e. The van der Waals surface area contributed by atoms with Gasteiger partial charge in [0.25, 0.3) is 0 Å². The number of hydrogen-bond acceptors (Lipinski definition) is 4. The van der Waals surface area contributed by atoms with Gasteiger partial charge in [-0.2, -0.15) is 0 Å². The number of hydrogen-bond donors (Lipinski definition) is 1. The lowest BCUT2D eigenvalue weighted by Gasteiger charge is -1.98. The van der Waals surface area contributed by atoms with Crippen molar-refractivity contribution in [2.45, 2.75) is 6.54 Å². The monoisotopic (exact) mass is 252 g/mol. The highest BCUT2D eigenvalue weighted by Gasteiger charge is 2.15. The molecule has 1 aromatic carbocycles.